The summed E-state index contributed by atoms with van der Waals surface area (Å²) in [5.41, 5.74) is 0. The topological polar surface area (TPSA) is 116 Å². The van der Waals surface area contributed by atoms with Crippen molar-refractivity contribution >= 4 is 0 Å². The van der Waals surface area contributed by atoms with Crippen LogP contribution in [0.4, 0.5) is 0 Å². The summed E-state index contributed by atoms with van der Waals surface area (Å²) in [6, 6.07) is 0. The second-order valence-electron chi connectivity index (χ2n) is 6.12. The molecule has 0 aliphatic rings. The van der Waals surface area contributed by atoms with Crippen LogP contribution in [0.15, 0.2) is 0 Å². The third-order valence-corrected chi connectivity index (χ3v) is 2.45. The van der Waals surface area contributed by atoms with E-state index in [1.54, 1.807) is 34.6 Å². The van der Waals surface area contributed by atoms with Crippen LogP contribution >= 0.6 is 0 Å². The van der Waals surface area contributed by atoms with Crippen LogP contribution < -0.4 is 5.32 Å². The van der Waals surface area contributed by atoms with Gasteiger partial charge in [0.05, 0.1) is 30.5 Å². The van der Waals surface area contributed by atoms with Crippen LogP contribution in [0.2, 0.25) is 0 Å². The minimum atomic E-state index is -0.433. The SMILES string of the molecule is CC(O)CN(CC(C)O)CC(C)O.CC(O)CNCC(C)O. The first kappa shape index (κ1) is 24.0. The summed E-state index contributed by atoms with van der Waals surface area (Å²) in [5.74, 6) is 0. The fourth-order valence-corrected chi connectivity index (χ4v) is 1.85. The molecule has 136 valence electrons. The highest BCUT2D eigenvalue weighted by molar-refractivity contribution is 4.66. The normalized spacial score (nSPS) is 18.1. The van der Waals surface area contributed by atoms with Crippen LogP contribution in [0.5, 0.6) is 0 Å². The molecule has 0 aromatic rings. The van der Waals surface area contributed by atoms with Crippen LogP contribution in [0, 0.1) is 0 Å². The molecule has 5 atom stereocenters. The molecule has 0 amide bonds. The molecule has 0 radical (unpaired) electrons. The second kappa shape index (κ2) is 14.3. The predicted octanol–water partition coefficient (Wildman–Crippen LogP) is -1.23. The van der Waals surface area contributed by atoms with Crippen LogP contribution in [0.25, 0.3) is 0 Å². The van der Waals surface area contributed by atoms with Crippen molar-refractivity contribution in [2.24, 2.45) is 0 Å². The van der Waals surface area contributed by atoms with Crippen molar-refractivity contribution in [2.45, 2.75) is 65.1 Å². The average Bonchev–Trinajstić information content (AvgIpc) is 2.25. The average molecular weight is 324 g/mol. The Balaban J connectivity index is 0. The van der Waals surface area contributed by atoms with E-state index in [-0.39, 0.29) is 12.2 Å². The molecule has 7 nitrogen and oxygen atoms in total. The lowest BCUT2D eigenvalue weighted by Gasteiger charge is -2.25. The first-order valence-corrected chi connectivity index (χ1v) is 7.87. The van der Waals surface area contributed by atoms with Crippen molar-refractivity contribution < 1.29 is 25.5 Å². The number of rotatable bonds is 10. The van der Waals surface area contributed by atoms with E-state index in [4.69, 9.17) is 25.5 Å². The van der Waals surface area contributed by atoms with Gasteiger partial charge in [0, 0.05) is 32.7 Å². The van der Waals surface area contributed by atoms with Gasteiger partial charge >= 0.3 is 0 Å². The lowest BCUT2D eigenvalue weighted by Crippen LogP contribution is -2.40. The van der Waals surface area contributed by atoms with Crippen molar-refractivity contribution in [1.29, 1.82) is 0 Å². The Morgan fingerprint density at radius 3 is 1.05 bits per heavy atom. The summed E-state index contributed by atoms with van der Waals surface area (Å²) in [4.78, 5) is 1.85. The van der Waals surface area contributed by atoms with E-state index in [9.17, 15) is 0 Å². The fourth-order valence-electron chi connectivity index (χ4n) is 1.85. The maximum atomic E-state index is 9.14. The second-order valence-corrected chi connectivity index (χ2v) is 6.12. The molecule has 0 fully saturated rings. The Morgan fingerprint density at radius 2 is 0.864 bits per heavy atom. The number of hydrogen-bond donors (Lipinski definition) is 6. The molecule has 0 bridgehead atoms. The van der Waals surface area contributed by atoms with E-state index in [1.807, 2.05) is 4.90 Å². The molecule has 5 unspecified atom stereocenters. The number of nitrogens with zero attached hydrogens (tertiary/aromatic N) is 1. The third kappa shape index (κ3) is 22.0. The van der Waals surface area contributed by atoms with Gasteiger partial charge in [-0.3, -0.25) is 4.90 Å². The molecule has 0 aliphatic carbocycles. The van der Waals surface area contributed by atoms with Crippen LogP contribution in [-0.2, 0) is 0 Å². The number of nitrogens with one attached hydrogen (secondary N) is 1. The van der Waals surface area contributed by atoms with Gasteiger partial charge in [-0.1, -0.05) is 0 Å². The Bertz CT molecular complexity index is 204. The fraction of sp³-hybridized carbons (Fsp3) is 1.00. The summed E-state index contributed by atoms with van der Waals surface area (Å²) in [6.45, 7) is 11.0. The molecule has 0 saturated carbocycles. The Labute approximate surface area is 134 Å². The quantitative estimate of drug-likeness (QED) is 0.298. The van der Waals surface area contributed by atoms with Gasteiger partial charge in [0.25, 0.3) is 0 Å². The summed E-state index contributed by atoms with van der Waals surface area (Å²) >= 11 is 0. The van der Waals surface area contributed by atoms with Gasteiger partial charge in [-0.2, -0.15) is 0 Å². The van der Waals surface area contributed by atoms with Crippen molar-refractivity contribution in [2.75, 3.05) is 32.7 Å². The maximum absolute atomic E-state index is 9.14. The molecule has 6 N–H and O–H groups in total. The van der Waals surface area contributed by atoms with Gasteiger partial charge in [-0.05, 0) is 34.6 Å². The Morgan fingerprint density at radius 1 is 0.591 bits per heavy atom. The molecule has 0 aromatic carbocycles. The molecule has 0 spiro atoms. The minimum Gasteiger partial charge on any atom is -0.392 e. The zero-order valence-corrected chi connectivity index (χ0v) is 14.6. The van der Waals surface area contributed by atoms with Crippen molar-refractivity contribution in [3.8, 4) is 0 Å². The first-order valence-electron chi connectivity index (χ1n) is 7.87. The Kier molecular flexibility index (Phi) is 15.6. The van der Waals surface area contributed by atoms with Crippen LogP contribution in [0.1, 0.15) is 34.6 Å². The summed E-state index contributed by atoms with van der Waals surface area (Å²) < 4.78 is 0. The molecule has 22 heavy (non-hydrogen) atoms. The highest BCUT2D eigenvalue weighted by Crippen LogP contribution is 1.97. The number of aliphatic hydroxyl groups is 5. The molecule has 0 heterocycles. The summed E-state index contributed by atoms with van der Waals surface area (Å²) in [7, 11) is 0. The molecule has 0 rings (SSSR count). The molecule has 0 aliphatic heterocycles. The van der Waals surface area contributed by atoms with Gasteiger partial charge < -0.3 is 30.8 Å². The molecule has 7 heteroatoms. The van der Waals surface area contributed by atoms with Crippen molar-refractivity contribution in [1.82, 2.24) is 10.2 Å². The largest absolute Gasteiger partial charge is 0.392 e. The number of aliphatic hydroxyl groups excluding tert-OH is 5. The third-order valence-electron chi connectivity index (χ3n) is 2.45. The van der Waals surface area contributed by atoms with Gasteiger partial charge in [-0.25, -0.2) is 0 Å². The van der Waals surface area contributed by atoms with Crippen LogP contribution in [-0.4, -0.2) is 93.7 Å². The van der Waals surface area contributed by atoms with Gasteiger partial charge in [-0.15, -0.1) is 0 Å². The van der Waals surface area contributed by atoms with Gasteiger partial charge in [0.2, 0.25) is 0 Å². The smallest absolute Gasteiger partial charge is 0.0639 e. The summed E-state index contributed by atoms with van der Waals surface area (Å²) in [5, 5.41) is 47.8. The van der Waals surface area contributed by atoms with E-state index < -0.39 is 18.3 Å². The summed E-state index contributed by atoms with van der Waals surface area (Å²) in [6.07, 6.45) is -1.96. The van der Waals surface area contributed by atoms with E-state index in [2.05, 4.69) is 5.32 Å². The number of hydrogen-bond acceptors (Lipinski definition) is 7. The standard InChI is InChI=1S/C9H21NO3.C6H15NO2/c1-7(11)4-10(5-8(2)12)6-9(3)13;1-5(8)3-7-4-6(2)9/h7-9,11-13H,4-6H2,1-3H3;5-9H,3-4H2,1-2H3. The highest BCUT2D eigenvalue weighted by Gasteiger charge is 2.12. The highest BCUT2D eigenvalue weighted by atomic mass is 16.3. The monoisotopic (exact) mass is 324 g/mol. The molecular formula is C15H36N2O5. The molecule has 0 aromatic heterocycles. The minimum absolute atomic E-state index is 0.330. The van der Waals surface area contributed by atoms with E-state index >= 15 is 0 Å². The lowest BCUT2D eigenvalue weighted by atomic mass is 10.2. The van der Waals surface area contributed by atoms with Crippen molar-refractivity contribution in [3.63, 3.8) is 0 Å². The molecule has 0 saturated heterocycles. The lowest BCUT2D eigenvalue weighted by molar-refractivity contribution is 0.0530. The van der Waals surface area contributed by atoms with Gasteiger partial charge in [0.15, 0.2) is 0 Å². The van der Waals surface area contributed by atoms with Crippen molar-refractivity contribution in [3.05, 3.63) is 0 Å². The first-order chi connectivity index (χ1) is 10.0. The Hall–Kier alpha value is -0.280. The predicted molar refractivity (Wildman–Crippen MR) is 87.7 cm³/mol. The molecular weight excluding hydrogens is 288 g/mol. The zero-order valence-electron chi connectivity index (χ0n) is 14.6. The zero-order chi connectivity index (χ0) is 17.7. The van der Waals surface area contributed by atoms with Crippen LogP contribution in [0.3, 0.4) is 0 Å². The maximum Gasteiger partial charge on any atom is 0.0639 e. The van der Waals surface area contributed by atoms with E-state index in [0.717, 1.165) is 0 Å². The van der Waals surface area contributed by atoms with E-state index in [0.29, 0.717) is 32.7 Å². The van der Waals surface area contributed by atoms with E-state index in [1.165, 1.54) is 0 Å². The van der Waals surface area contributed by atoms with Gasteiger partial charge in [0.1, 0.15) is 0 Å².